The zero-order valence-corrected chi connectivity index (χ0v) is 13.1. The third kappa shape index (κ3) is 3.78. The minimum Gasteiger partial charge on any atom is -0.462 e. The van der Waals surface area contributed by atoms with Crippen molar-refractivity contribution in [3.8, 4) is 0 Å². The first kappa shape index (κ1) is 17.1. The van der Waals surface area contributed by atoms with Gasteiger partial charge in [-0.25, -0.2) is 14.2 Å². The molecule has 0 aromatic carbocycles. The Balaban J connectivity index is 3.58. The van der Waals surface area contributed by atoms with E-state index in [1.54, 1.807) is 13.8 Å². The van der Waals surface area contributed by atoms with Crippen molar-refractivity contribution in [3.63, 3.8) is 0 Å². The van der Waals surface area contributed by atoms with Crippen molar-refractivity contribution in [1.82, 2.24) is 4.57 Å². The van der Waals surface area contributed by atoms with Crippen molar-refractivity contribution in [3.05, 3.63) is 33.7 Å². The second kappa shape index (κ2) is 7.72. The van der Waals surface area contributed by atoms with Crippen molar-refractivity contribution in [1.29, 1.82) is 0 Å². The number of halogens is 1. The van der Waals surface area contributed by atoms with E-state index in [1.165, 1.54) is 0 Å². The lowest BCUT2D eigenvalue weighted by Gasteiger charge is -2.13. The maximum absolute atomic E-state index is 12.0. The van der Waals surface area contributed by atoms with Crippen molar-refractivity contribution in [2.24, 2.45) is 0 Å². The van der Waals surface area contributed by atoms with Gasteiger partial charge in [-0.05, 0) is 19.9 Å². The van der Waals surface area contributed by atoms with Gasteiger partial charge in [-0.3, -0.25) is 9.59 Å². The number of carbonyl (C=O) groups is 3. The second-order valence-corrected chi connectivity index (χ2v) is 4.30. The average molecular weight is 360 g/mol. The van der Waals surface area contributed by atoms with Crippen LogP contribution < -0.4 is 5.56 Å². The highest BCUT2D eigenvalue weighted by molar-refractivity contribution is 9.09. The van der Waals surface area contributed by atoms with E-state index in [4.69, 9.17) is 9.47 Å². The lowest BCUT2D eigenvalue weighted by Crippen LogP contribution is -2.34. The van der Waals surface area contributed by atoms with Gasteiger partial charge in [-0.2, -0.15) is 0 Å². The number of hydrogen-bond donors (Lipinski definition) is 0. The highest BCUT2D eigenvalue weighted by atomic mass is 79.9. The van der Waals surface area contributed by atoms with Crippen molar-refractivity contribution >= 4 is 33.8 Å². The lowest BCUT2D eigenvalue weighted by atomic mass is 10.1. The number of rotatable bonds is 5. The molecule has 7 nitrogen and oxygen atoms in total. The Morgan fingerprint density at radius 2 is 1.67 bits per heavy atom. The van der Waals surface area contributed by atoms with Gasteiger partial charge in [0, 0.05) is 6.07 Å². The van der Waals surface area contributed by atoms with Gasteiger partial charge < -0.3 is 9.47 Å². The SMILES string of the molecule is CCOC(=O)c1ccc(=O)n(C(=O)CBr)c1C(=O)OCC. The predicted octanol–water partition coefficient (Wildman–Crippen LogP) is 1.24. The molecule has 0 saturated carbocycles. The Morgan fingerprint density at radius 1 is 1.10 bits per heavy atom. The van der Waals surface area contributed by atoms with Gasteiger partial charge in [0.05, 0.1) is 24.1 Å². The summed E-state index contributed by atoms with van der Waals surface area (Å²) in [7, 11) is 0. The van der Waals surface area contributed by atoms with Gasteiger partial charge in [0.1, 0.15) is 0 Å². The van der Waals surface area contributed by atoms with Gasteiger partial charge in [0.25, 0.3) is 5.56 Å². The molecule has 21 heavy (non-hydrogen) atoms. The second-order valence-electron chi connectivity index (χ2n) is 3.74. The quantitative estimate of drug-likeness (QED) is 0.580. The summed E-state index contributed by atoms with van der Waals surface area (Å²) < 4.78 is 10.2. The Hall–Kier alpha value is -1.96. The third-order valence-corrected chi connectivity index (χ3v) is 2.90. The van der Waals surface area contributed by atoms with Crippen LogP contribution in [0.2, 0.25) is 0 Å². The summed E-state index contributed by atoms with van der Waals surface area (Å²) in [5, 5.41) is -0.189. The molecule has 1 rings (SSSR count). The maximum Gasteiger partial charge on any atom is 0.356 e. The fourth-order valence-corrected chi connectivity index (χ4v) is 1.87. The first-order valence-corrected chi connectivity index (χ1v) is 7.29. The topological polar surface area (TPSA) is 91.7 Å². The van der Waals surface area contributed by atoms with E-state index in [0.717, 1.165) is 12.1 Å². The zero-order chi connectivity index (χ0) is 16.0. The number of nitrogens with zero attached hydrogens (tertiary/aromatic N) is 1. The molecule has 8 heteroatoms. The Morgan fingerprint density at radius 3 is 2.19 bits per heavy atom. The zero-order valence-electron chi connectivity index (χ0n) is 11.6. The van der Waals surface area contributed by atoms with E-state index in [9.17, 15) is 19.2 Å². The lowest BCUT2D eigenvalue weighted by molar-refractivity contribution is 0.0465. The van der Waals surface area contributed by atoms with E-state index in [0.29, 0.717) is 4.57 Å². The number of carbonyl (C=O) groups excluding carboxylic acids is 3. The van der Waals surface area contributed by atoms with Crippen LogP contribution in [0.25, 0.3) is 0 Å². The van der Waals surface area contributed by atoms with Crippen molar-refractivity contribution in [2.75, 3.05) is 18.5 Å². The molecule has 0 unspecified atom stereocenters. The number of esters is 2. The van der Waals surface area contributed by atoms with Gasteiger partial charge in [-0.1, -0.05) is 15.9 Å². The molecular formula is C13H14BrNO6. The molecule has 1 aromatic heterocycles. The van der Waals surface area contributed by atoms with E-state index < -0.39 is 29.1 Å². The van der Waals surface area contributed by atoms with E-state index in [-0.39, 0.29) is 24.1 Å². The van der Waals surface area contributed by atoms with Gasteiger partial charge in [-0.15, -0.1) is 0 Å². The van der Waals surface area contributed by atoms with Gasteiger partial charge in [0.15, 0.2) is 5.69 Å². The van der Waals surface area contributed by atoms with Crippen LogP contribution in [0.5, 0.6) is 0 Å². The highest BCUT2D eigenvalue weighted by Crippen LogP contribution is 2.11. The molecular weight excluding hydrogens is 346 g/mol. The van der Waals surface area contributed by atoms with Crippen LogP contribution in [-0.2, 0) is 9.47 Å². The molecule has 1 aromatic rings. The normalized spacial score (nSPS) is 10.0. The van der Waals surface area contributed by atoms with E-state index in [2.05, 4.69) is 15.9 Å². The van der Waals surface area contributed by atoms with Crippen LogP contribution in [0.1, 0.15) is 39.5 Å². The minimum absolute atomic E-state index is 0.0344. The summed E-state index contributed by atoms with van der Waals surface area (Å²) in [6.07, 6.45) is 0. The molecule has 0 bridgehead atoms. The summed E-state index contributed by atoms with van der Waals surface area (Å²) >= 11 is 2.92. The average Bonchev–Trinajstić information content (AvgIpc) is 2.46. The predicted molar refractivity (Wildman–Crippen MR) is 77.0 cm³/mol. The molecule has 1 heterocycles. The van der Waals surface area contributed by atoms with Crippen LogP contribution in [0.3, 0.4) is 0 Å². The van der Waals surface area contributed by atoms with E-state index in [1.807, 2.05) is 0 Å². The Bertz CT molecular complexity index is 622. The van der Waals surface area contributed by atoms with Crippen molar-refractivity contribution < 1.29 is 23.9 Å². The van der Waals surface area contributed by atoms with Crippen LogP contribution >= 0.6 is 15.9 Å². The van der Waals surface area contributed by atoms with E-state index >= 15 is 0 Å². The molecule has 0 atom stereocenters. The number of hydrogen-bond acceptors (Lipinski definition) is 6. The standard InChI is InChI=1S/C13H14BrNO6/c1-3-20-12(18)8-5-6-9(16)15(10(17)7-14)11(8)13(19)21-4-2/h5-6H,3-4,7H2,1-2H3. The molecule has 0 aliphatic rings. The molecule has 0 aliphatic carbocycles. The summed E-state index contributed by atoms with van der Waals surface area (Å²) in [6, 6.07) is 2.17. The first-order valence-electron chi connectivity index (χ1n) is 6.17. The van der Waals surface area contributed by atoms with Crippen LogP contribution in [-0.4, -0.2) is 41.0 Å². The molecule has 114 valence electrons. The number of aromatic nitrogens is 1. The molecule has 0 radical (unpaired) electrons. The Labute approximate surface area is 129 Å². The fourth-order valence-electron chi connectivity index (χ4n) is 1.62. The molecule has 0 fully saturated rings. The van der Waals surface area contributed by atoms with Gasteiger partial charge >= 0.3 is 11.9 Å². The smallest absolute Gasteiger partial charge is 0.356 e. The molecule has 0 aliphatic heterocycles. The number of alkyl halides is 1. The van der Waals surface area contributed by atoms with Crippen molar-refractivity contribution in [2.45, 2.75) is 13.8 Å². The molecule has 0 spiro atoms. The van der Waals surface area contributed by atoms with Crippen LogP contribution in [0.4, 0.5) is 0 Å². The van der Waals surface area contributed by atoms with Gasteiger partial charge in [0.2, 0.25) is 5.91 Å². The molecule has 0 amide bonds. The highest BCUT2D eigenvalue weighted by Gasteiger charge is 2.26. The number of pyridine rings is 1. The first-order chi connectivity index (χ1) is 9.97. The summed E-state index contributed by atoms with van der Waals surface area (Å²) in [6.45, 7) is 3.29. The van der Waals surface area contributed by atoms with Crippen LogP contribution in [0.15, 0.2) is 16.9 Å². The number of ether oxygens (including phenoxy) is 2. The molecule has 0 saturated heterocycles. The third-order valence-electron chi connectivity index (χ3n) is 2.42. The van der Waals surface area contributed by atoms with Crippen LogP contribution in [0, 0.1) is 0 Å². The summed E-state index contributed by atoms with van der Waals surface area (Å²) in [5.41, 5.74) is -1.34. The Kier molecular flexibility index (Phi) is 6.29. The minimum atomic E-state index is -0.937. The monoisotopic (exact) mass is 359 g/mol. The summed E-state index contributed by atoms with van der Waals surface area (Å²) in [5.74, 6) is -2.43. The fraction of sp³-hybridized carbons (Fsp3) is 0.385. The summed E-state index contributed by atoms with van der Waals surface area (Å²) in [4.78, 5) is 47.6. The maximum atomic E-state index is 12.0. The largest absolute Gasteiger partial charge is 0.462 e. The molecule has 0 N–H and O–H groups in total.